The monoisotopic (exact) mass is 151 g/mol. The first-order valence-corrected chi connectivity index (χ1v) is 4.35. The first-order valence-electron chi connectivity index (χ1n) is 2.84. The van der Waals surface area contributed by atoms with Crippen LogP contribution >= 0.6 is 7.80 Å². The maximum Gasteiger partial charge on any atom is 0.401 e. The summed E-state index contributed by atoms with van der Waals surface area (Å²) in [5.74, 6) is 0.260. The Hall–Kier alpha value is 0.0200. The first kappa shape index (κ1) is 9.02. The highest BCUT2D eigenvalue weighted by Gasteiger charge is 2.25. The molecule has 1 atom stereocenters. The highest BCUT2D eigenvalue weighted by molar-refractivity contribution is 7.44. The van der Waals surface area contributed by atoms with Crippen molar-refractivity contribution >= 4 is 7.80 Å². The molecule has 0 fully saturated rings. The molecule has 0 aliphatic carbocycles. The minimum atomic E-state index is -1.82. The molecule has 0 aliphatic heterocycles. The molecule has 0 aromatic carbocycles. The van der Waals surface area contributed by atoms with E-state index in [0.717, 1.165) is 0 Å². The molecule has 1 unspecified atom stereocenters. The zero-order valence-corrected chi connectivity index (χ0v) is 6.51. The lowest BCUT2D eigenvalue weighted by Gasteiger charge is -1.93. The van der Waals surface area contributed by atoms with E-state index in [0.29, 0.717) is 6.16 Å². The minimum Gasteiger partial charge on any atom is -0.329 e. The molecule has 0 rings (SSSR count). The Balaban J connectivity index is 3.51. The number of rotatable bonds is 3. The largest absolute Gasteiger partial charge is 0.401 e. The van der Waals surface area contributed by atoms with Crippen LogP contribution in [0.2, 0.25) is 0 Å². The van der Waals surface area contributed by atoms with Gasteiger partial charge in [-0.3, -0.25) is 0 Å². The highest BCUT2D eigenvalue weighted by atomic mass is 31.1. The van der Waals surface area contributed by atoms with Crippen molar-refractivity contribution in [1.82, 2.24) is 0 Å². The number of hydrogen-bond donors (Lipinski definition) is 2. The summed E-state index contributed by atoms with van der Waals surface area (Å²) in [6.07, 6.45) is 0.382. The number of aliphatic hydroxyl groups excluding tert-OH is 1. The molecule has 0 amide bonds. The molecule has 0 aromatic heterocycles. The first-order chi connectivity index (χ1) is 4.04. The lowest BCUT2D eigenvalue weighted by molar-refractivity contribution is 0.0318. The Morgan fingerprint density at radius 3 is 2.00 bits per heavy atom. The molecule has 0 aromatic rings. The van der Waals surface area contributed by atoms with Gasteiger partial charge in [0.05, 0.1) is 0 Å². The van der Waals surface area contributed by atoms with Gasteiger partial charge in [-0.25, -0.2) is 0 Å². The average molecular weight is 151 g/mol. The fourth-order valence-electron chi connectivity index (χ4n) is 0.454. The molecule has 9 heavy (non-hydrogen) atoms. The summed E-state index contributed by atoms with van der Waals surface area (Å²) in [4.78, 5) is 0. The van der Waals surface area contributed by atoms with Crippen LogP contribution in [0.4, 0.5) is 0 Å². The maximum atomic E-state index is 10.6. The van der Waals surface area contributed by atoms with E-state index in [1.165, 1.54) is 0 Å². The molecular formula is C5H12O3P+. The van der Waals surface area contributed by atoms with Crippen molar-refractivity contribution in [2.45, 2.75) is 19.9 Å². The standard InChI is InChI=1S/C5H12O3P/c1-4(2)3-9(8)5(6)7/h4-7H,3H2,1-2H3/q+1. The second-order valence-electron chi connectivity index (χ2n) is 2.34. The molecule has 54 valence electrons. The molecule has 4 heteroatoms. The number of aliphatic hydroxyl groups is 2. The Kier molecular flexibility index (Phi) is 3.95. The molecule has 0 bridgehead atoms. The van der Waals surface area contributed by atoms with E-state index in [1.54, 1.807) is 0 Å². The van der Waals surface area contributed by atoms with Gasteiger partial charge in [0.1, 0.15) is 0 Å². The van der Waals surface area contributed by atoms with Crippen LogP contribution in [0.15, 0.2) is 0 Å². The van der Waals surface area contributed by atoms with Crippen LogP contribution in [0.25, 0.3) is 0 Å². The Morgan fingerprint density at radius 2 is 1.89 bits per heavy atom. The van der Waals surface area contributed by atoms with Crippen LogP contribution < -0.4 is 0 Å². The summed E-state index contributed by atoms with van der Waals surface area (Å²) in [5.41, 5.74) is 0. The van der Waals surface area contributed by atoms with Crippen molar-refractivity contribution in [3.05, 3.63) is 0 Å². The smallest absolute Gasteiger partial charge is 0.329 e. The van der Waals surface area contributed by atoms with E-state index in [2.05, 4.69) is 0 Å². The van der Waals surface area contributed by atoms with Crippen molar-refractivity contribution in [2.24, 2.45) is 5.92 Å². The Morgan fingerprint density at radius 1 is 1.44 bits per heavy atom. The third-order valence-corrected chi connectivity index (χ3v) is 2.41. The van der Waals surface area contributed by atoms with Gasteiger partial charge >= 0.3 is 13.8 Å². The van der Waals surface area contributed by atoms with Gasteiger partial charge in [0, 0.05) is 0 Å². The zero-order valence-electron chi connectivity index (χ0n) is 5.61. The average Bonchev–Trinajstić information content (AvgIpc) is 1.63. The van der Waals surface area contributed by atoms with Crippen LogP contribution in [0.3, 0.4) is 0 Å². The van der Waals surface area contributed by atoms with Crippen molar-refractivity contribution in [3.63, 3.8) is 0 Å². The third-order valence-electron chi connectivity index (χ3n) is 0.803. The van der Waals surface area contributed by atoms with Crippen molar-refractivity contribution in [2.75, 3.05) is 6.16 Å². The third kappa shape index (κ3) is 4.52. The molecule has 0 spiro atoms. The van der Waals surface area contributed by atoms with Crippen molar-refractivity contribution < 1.29 is 14.8 Å². The van der Waals surface area contributed by atoms with Gasteiger partial charge in [0.25, 0.3) is 0 Å². The molecule has 0 saturated carbocycles. The Bertz CT molecular complexity index is 100. The van der Waals surface area contributed by atoms with Gasteiger partial charge in [-0.05, 0) is 5.92 Å². The molecule has 2 N–H and O–H groups in total. The number of hydrogen-bond acceptors (Lipinski definition) is 3. The van der Waals surface area contributed by atoms with E-state index < -0.39 is 13.8 Å². The van der Waals surface area contributed by atoms with E-state index in [4.69, 9.17) is 10.2 Å². The minimum absolute atomic E-state index is 0.260. The second kappa shape index (κ2) is 3.94. The quantitative estimate of drug-likeness (QED) is 0.462. The summed E-state index contributed by atoms with van der Waals surface area (Å²) in [7, 11) is -1.82. The molecule has 3 nitrogen and oxygen atoms in total. The predicted octanol–water partition coefficient (Wildman–Crippen LogP) is 0.738. The second-order valence-corrected chi connectivity index (χ2v) is 4.00. The normalized spacial score (nSPS) is 12.9. The van der Waals surface area contributed by atoms with Gasteiger partial charge in [-0.2, -0.15) is 0 Å². The van der Waals surface area contributed by atoms with Gasteiger partial charge in [0.15, 0.2) is 6.16 Å². The molecule has 0 saturated heterocycles. The summed E-state index contributed by atoms with van der Waals surface area (Å²) >= 11 is 0. The molecule has 0 radical (unpaired) electrons. The summed E-state index contributed by atoms with van der Waals surface area (Å²) in [6, 6.07) is -1.64. The fourth-order valence-corrected chi connectivity index (χ4v) is 1.36. The van der Waals surface area contributed by atoms with E-state index >= 15 is 0 Å². The van der Waals surface area contributed by atoms with Gasteiger partial charge in [-0.1, -0.05) is 18.4 Å². The van der Waals surface area contributed by atoms with Gasteiger partial charge < -0.3 is 10.2 Å². The van der Waals surface area contributed by atoms with Crippen LogP contribution in [-0.2, 0) is 4.57 Å². The molecule has 0 heterocycles. The SMILES string of the molecule is CC(C)C[P+](=O)C(O)O. The summed E-state index contributed by atoms with van der Waals surface area (Å²) in [6.45, 7) is 3.77. The lowest BCUT2D eigenvalue weighted by Crippen LogP contribution is -2.02. The van der Waals surface area contributed by atoms with Crippen LogP contribution in [-0.4, -0.2) is 22.4 Å². The topological polar surface area (TPSA) is 57.5 Å². The van der Waals surface area contributed by atoms with E-state index in [9.17, 15) is 4.57 Å². The molecular weight excluding hydrogens is 139 g/mol. The van der Waals surface area contributed by atoms with Crippen LogP contribution in [0, 0.1) is 5.92 Å². The highest BCUT2D eigenvalue weighted by Crippen LogP contribution is 2.26. The van der Waals surface area contributed by atoms with Crippen LogP contribution in [0.5, 0.6) is 0 Å². The van der Waals surface area contributed by atoms with Crippen molar-refractivity contribution in [1.29, 1.82) is 0 Å². The fraction of sp³-hybridized carbons (Fsp3) is 1.00. The van der Waals surface area contributed by atoms with Gasteiger partial charge in [0.2, 0.25) is 0 Å². The van der Waals surface area contributed by atoms with Gasteiger partial charge in [-0.15, -0.1) is 0 Å². The van der Waals surface area contributed by atoms with Crippen LogP contribution in [0.1, 0.15) is 13.8 Å². The maximum absolute atomic E-state index is 10.6. The van der Waals surface area contributed by atoms with E-state index in [1.807, 2.05) is 13.8 Å². The molecule has 0 aliphatic rings. The van der Waals surface area contributed by atoms with E-state index in [-0.39, 0.29) is 5.92 Å². The predicted molar refractivity (Wildman–Crippen MR) is 35.5 cm³/mol. The lowest BCUT2D eigenvalue weighted by atomic mass is 10.3. The summed E-state index contributed by atoms with van der Waals surface area (Å²) < 4.78 is 10.6. The Labute approximate surface area is 55.5 Å². The zero-order chi connectivity index (χ0) is 7.44. The van der Waals surface area contributed by atoms with Crippen molar-refractivity contribution in [3.8, 4) is 0 Å². The summed E-state index contributed by atoms with van der Waals surface area (Å²) in [5, 5.41) is 16.7.